The molecule has 148 valence electrons. The van der Waals surface area contributed by atoms with Crippen molar-refractivity contribution in [2.75, 3.05) is 24.1 Å². The van der Waals surface area contributed by atoms with Crippen molar-refractivity contribution >= 4 is 17.7 Å². The third-order valence-electron chi connectivity index (χ3n) is 5.14. The molecule has 0 atom stereocenters. The average Bonchev–Trinajstić information content (AvgIpc) is 3.40. The predicted molar refractivity (Wildman–Crippen MR) is 109 cm³/mol. The minimum Gasteiger partial charge on any atom is -0.461 e. The lowest BCUT2D eigenvalue weighted by molar-refractivity contribution is 0.211. The van der Waals surface area contributed by atoms with Crippen molar-refractivity contribution in [3.05, 3.63) is 54.3 Å². The summed E-state index contributed by atoms with van der Waals surface area (Å²) in [7, 11) is 0. The summed E-state index contributed by atoms with van der Waals surface area (Å²) < 4.78 is 6.77. The van der Waals surface area contributed by atoms with Crippen LogP contribution in [-0.4, -0.2) is 48.6 Å². The van der Waals surface area contributed by atoms with Gasteiger partial charge in [-0.25, -0.2) is 0 Å². The number of fused-ring (bicyclic) bond motifs is 1. The van der Waals surface area contributed by atoms with Crippen molar-refractivity contribution in [2.24, 2.45) is 0 Å². The largest absolute Gasteiger partial charge is 0.461 e. The number of rotatable bonds is 5. The Hall–Kier alpha value is -3.46. The van der Waals surface area contributed by atoms with Gasteiger partial charge >= 0.3 is 0 Å². The Bertz CT molecular complexity index is 1080. The van der Waals surface area contributed by atoms with Crippen LogP contribution in [0.1, 0.15) is 18.4 Å². The Morgan fingerprint density at radius 3 is 2.62 bits per heavy atom. The van der Waals surface area contributed by atoms with Crippen LogP contribution in [0.5, 0.6) is 0 Å². The first kappa shape index (κ1) is 17.6. The molecule has 9 heteroatoms. The second-order valence-electron chi connectivity index (χ2n) is 7.21. The van der Waals surface area contributed by atoms with E-state index in [-0.39, 0.29) is 5.95 Å². The van der Waals surface area contributed by atoms with Gasteiger partial charge in [-0.2, -0.15) is 19.5 Å². The first-order valence-electron chi connectivity index (χ1n) is 9.71. The number of hydrogen-bond acceptors (Lipinski definition) is 8. The second kappa shape index (κ2) is 7.51. The molecular weight excluding hydrogens is 368 g/mol. The van der Waals surface area contributed by atoms with Crippen LogP contribution in [0.25, 0.3) is 17.4 Å². The van der Waals surface area contributed by atoms with E-state index < -0.39 is 0 Å². The molecule has 1 saturated heterocycles. The molecule has 5 rings (SSSR count). The monoisotopic (exact) mass is 390 g/mol. The van der Waals surface area contributed by atoms with E-state index in [2.05, 4.69) is 60.6 Å². The number of nitrogens with zero attached hydrogens (tertiary/aromatic N) is 6. The van der Waals surface area contributed by atoms with E-state index in [9.17, 15) is 0 Å². The summed E-state index contributed by atoms with van der Waals surface area (Å²) in [6.07, 6.45) is 3.62. The van der Waals surface area contributed by atoms with Crippen molar-refractivity contribution in [1.82, 2.24) is 29.5 Å². The second-order valence-corrected chi connectivity index (χ2v) is 7.21. The Morgan fingerprint density at radius 1 is 1.03 bits per heavy atom. The lowest BCUT2D eigenvalue weighted by Crippen LogP contribution is -2.39. The van der Waals surface area contributed by atoms with Crippen LogP contribution >= 0.6 is 0 Å². The van der Waals surface area contributed by atoms with Gasteiger partial charge in [0, 0.05) is 25.7 Å². The number of nitrogens with one attached hydrogen (secondary N) is 1. The standard InChI is InChI=1S/C20H22N8O/c21-18-24-19(25-20-23-17(26-28(18)20)16-7-4-12-29-16)22-15-8-10-27(11-9-15)13-14-5-2-1-3-6-14/h1-7,12,15H,8-11,13H2,(H3,21,22,23,24,25,26). The summed E-state index contributed by atoms with van der Waals surface area (Å²) >= 11 is 0. The van der Waals surface area contributed by atoms with Crippen molar-refractivity contribution in [2.45, 2.75) is 25.4 Å². The minimum atomic E-state index is 0.240. The first-order valence-corrected chi connectivity index (χ1v) is 9.71. The molecule has 1 fully saturated rings. The molecular formula is C20H22N8O. The molecule has 4 heterocycles. The summed E-state index contributed by atoms with van der Waals surface area (Å²) in [6, 6.07) is 14.4. The molecule has 0 saturated carbocycles. The molecule has 1 aliphatic rings. The molecule has 0 radical (unpaired) electrons. The van der Waals surface area contributed by atoms with Crippen LogP contribution in [0.4, 0.5) is 11.9 Å². The maximum absolute atomic E-state index is 6.07. The minimum absolute atomic E-state index is 0.240. The Kier molecular flexibility index (Phi) is 4.57. The third kappa shape index (κ3) is 3.77. The van der Waals surface area contributed by atoms with E-state index in [4.69, 9.17) is 10.2 Å². The fourth-order valence-corrected chi connectivity index (χ4v) is 3.64. The molecule has 0 bridgehead atoms. The highest BCUT2D eigenvalue weighted by Gasteiger charge is 2.21. The van der Waals surface area contributed by atoms with Gasteiger partial charge in [0.2, 0.25) is 17.7 Å². The SMILES string of the molecule is Nc1nc(NC2CCN(Cc3ccccc3)CC2)nc2nc(-c3ccco3)nn12. The van der Waals surface area contributed by atoms with Gasteiger partial charge < -0.3 is 15.5 Å². The van der Waals surface area contributed by atoms with Gasteiger partial charge in [0.1, 0.15) is 0 Å². The van der Waals surface area contributed by atoms with Gasteiger partial charge in [0.25, 0.3) is 5.78 Å². The molecule has 0 spiro atoms. The van der Waals surface area contributed by atoms with Gasteiger partial charge in [-0.15, -0.1) is 5.10 Å². The topological polar surface area (TPSA) is 110 Å². The molecule has 29 heavy (non-hydrogen) atoms. The number of likely N-dealkylation sites (tertiary alicyclic amines) is 1. The smallest absolute Gasteiger partial charge is 0.259 e. The highest BCUT2D eigenvalue weighted by atomic mass is 16.3. The van der Waals surface area contributed by atoms with Crippen molar-refractivity contribution in [3.63, 3.8) is 0 Å². The Balaban J connectivity index is 1.25. The maximum Gasteiger partial charge on any atom is 0.259 e. The van der Waals surface area contributed by atoms with E-state index in [0.717, 1.165) is 32.5 Å². The number of hydrogen-bond donors (Lipinski definition) is 2. The van der Waals surface area contributed by atoms with E-state index >= 15 is 0 Å². The summed E-state index contributed by atoms with van der Waals surface area (Å²) in [4.78, 5) is 15.7. The normalized spacial score (nSPS) is 15.7. The fraction of sp³-hybridized carbons (Fsp3) is 0.300. The van der Waals surface area contributed by atoms with Crippen LogP contribution in [0, 0.1) is 0 Å². The number of nitrogen functional groups attached to an aromatic ring is 1. The number of aromatic nitrogens is 5. The van der Waals surface area contributed by atoms with Crippen LogP contribution in [0.15, 0.2) is 53.1 Å². The van der Waals surface area contributed by atoms with Crippen molar-refractivity contribution in [3.8, 4) is 11.6 Å². The van der Waals surface area contributed by atoms with Gasteiger partial charge in [0.05, 0.1) is 6.26 Å². The lowest BCUT2D eigenvalue weighted by Gasteiger charge is -2.32. The molecule has 0 unspecified atom stereocenters. The Morgan fingerprint density at radius 2 is 1.86 bits per heavy atom. The van der Waals surface area contributed by atoms with Gasteiger partial charge in [-0.1, -0.05) is 30.3 Å². The maximum atomic E-state index is 6.07. The van der Waals surface area contributed by atoms with Crippen LogP contribution < -0.4 is 11.1 Å². The Labute approximate surface area is 167 Å². The first-order chi connectivity index (χ1) is 14.2. The number of nitrogens with two attached hydrogens (primary N) is 1. The quantitative estimate of drug-likeness (QED) is 0.535. The summed E-state index contributed by atoms with van der Waals surface area (Å²) in [5.41, 5.74) is 7.41. The van der Waals surface area contributed by atoms with Gasteiger partial charge in [-0.05, 0) is 30.5 Å². The van der Waals surface area contributed by atoms with Gasteiger partial charge in [0.15, 0.2) is 5.76 Å². The number of anilines is 2. The summed E-state index contributed by atoms with van der Waals surface area (Å²) in [5.74, 6) is 2.12. The summed E-state index contributed by atoms with van der Waals surface area (Å²) in [6.45, 7) is 3.04. The fourth-order valence-electron chi connectivity index (χ4n) is 3.64. The molecule has 3 N–H and O–H groups in total. The number of piperidine rings is 1. The van der Waals surface area contributed by atoms with E-state index in [1.165, 1.54) is 10.1 Å². The van der Waals surface area contributed by atoms with Gasteiger partial charge in [-0.3, -0.25) is 4.90 Å². The number of benzene rings is 1. The highest BCUT2D eigenvalue weighted by molar-refractivity contribution is 5.52. The van der Waals surface area contributed by atoms with Crippen molar-refractivity contribution in [1.29, 1.82) is 0 Å². The molecule has 1 aromatic carbocycles. The zero-order chi connectivity index (χ0) is 19.6. The van der Waals surface area contributed by atoms with E-state index in [1.807, 2.05) is 0 Å². The lowest BCUT2D eigenvalue weighted by atomic mass is 10.0. The van der Waals surface area contributed by atoms with Crippen molar-refractivity contribution < 1.29 is 4.42 Å². The zero-order valence-electron chi connectivity index (χ0n) is 15.9. The van der Waals surface area contributed by atoms with Crippen LogP contribution in [0.3, 0.4) is 0 Å². The molecule has 1 aliphatic heterocycles. The highest BCUT2D eigenvalue weighted by Crippen LogP contribution is 2.20. The summed E-state index contributed by atoms with van der Waals surface area (Å²) in [5, 5.41) is 7.73. The molecule has 3 aromatic heterocycles. The third-order valence-corrected chi connectivity index (χ3v) is 5.14. The van der Waals surface area contributed by atoms with Crippen LogP contribution in [0.2, 0.25) is 0 Å². The zero-order valence-corrected chi connectivity index (χ0v) is 15.9. The molecule has 9 nitrogen and oxygen atoms in total. The molecule has 0 amide bonds. The van der Waals surface area contributed by atoms with E-state index in [1.54, 1.807) is 18.4 Å². The predicted octanol–water partition coefficient (Wildman–Crippen LogP) is 2.44. The van der Waals surface area contributed by atoms with Crippen LogP contribution in [-0.2, 0) is 6.54 Å². The molecule has 4 aromatic rings. The number of furan rings is 1. The molecule has 0 aliphatic carbocycles. The average molecular weight is 390 g/mol. The van der Waals surface area contributed by atoms with E-state index in [0.29, 0.717) is 29.4 Å².